The summed E-state index contributed by atoms with van der Waals surface area (Å²) >= 11 is 3.44. The van der Waals surface area contributed by atoms with Crippen molar-refractivity contribution >= 4 is 15.9 Å². The van der Waals surface area contributed by atoms with E-state index in [0.29, 0.717) is 28.1 Å². The van der Waals surface area contributed by atoms with Gasteiger partial charge >= 0.3 is 0 Å². The van der Waals surface area contributed by atoms with Crippen LogP contribution < -0.4 is 14.8 Å². The minimum absolute atomic E-state index is 0.0505. The summed E-state index contributed by atoms with van der Waals surface area (Å²) in [6, 6.07) is 3.53. The zero-order valence-electron chi connectivity index (χ0n) is 12.1. The molecule has 0 bridgehead atoms. The molecule has 1 fully saturated rings. The van der Waals surface area contributed by atoms with Crippen molar-refractivity contribution in [3.05, 3.63) is 22.2 Å². The molecule has 0 radical (unpaired) electrons. The van der Waals surface area contributed by atoms with Gasteiger partial charge in [-0.25, -0.2) is 4.39 Å². The Bertz CT molecular complexity index is 473. The van der Waals surface area contributed by atoms with Gasteiger partial charge in [-0.3, -0.25) is 0 Å². The van der Waals surface area contributed by atoms with Crippen molar-refractivity contribution in [3.63, 3.8) is 0 Å². The van der Waals surface area contributed by atoms with E-state index in [0.717, 1.165) is 19.4 Å². The molecule has 2 unspecified atom stereocenters. The Morgan fingerprint density at radius 3 is 2.65 bits per heavy atom. The number of benzene rings is 1. The van der Waals surface area contributed by atoms with E-state index in [1.54, 1.807) is 33.3 Å². The van der Waals surface area contributed by atoms with E-state index < -0.39 is 5.67 Å². The number of piperidine rings is 1. The Labute approximate surface area is 128 Å². The third kappa shape index (κ3) is 2.79. The summed E-state index contributed by atoms with van der Waals surface area (Å²) in [5, 5.41) is 3.27. The van der Waals surface area contributed by atoms with E-state index in [2.05, 4.69) is 21.2 Å². The Hall–Kier alpha value is -0.810. The second-order valence-electron chi connectivity index (χ2n) is 5.28. The third-order valence-electron chi connectivity index (χ3n) is 4.08. The molecule has 1 saturated heterocycles. The maximum Gasteiger partial charge on any atom is 0.143 e. The van der Waals surface area contributed by atoms with Crippen molar-refractivity contribution in [2.45, 2.75) is 25.4 Å². The van der Waals surface area contributed by atoms with Crippen LogP contribution in [0.5, 0.6) is 11.5 Å². The lowest BCUT2D eigenvalue weighted by Crippen LogP contribution is -2.40. The first-order valence-electron chi connectivity index (χ1n) is 6.83. The van der Waals surface area contributed by atoms with Crippen molar-refractivity contribution in [2.75, 3.05) is 27.3 Å². The smallest absolute Gasteiger partial charge is 0.143 e. The average molecular weight is 346 g/mol. The lowest BCUT2D eigenvalue weighted by Gasteiger charge is -2.35. The van der Waals surface area contributed by atoms with Gasteiger partial charge in [-0.2, -0.15) is 0 Å². The summed E-state index contributed by atoms with van der Waals surface area (Å²) in [6.07, 6.45) is 1.89. The highest BCUT2D eigenvalue weighted by molar-refractivity contribution is 9.10. The second-order valence-corrected chi connectivity index (χ2v) is 6.07. The number of alkyl halides is 1. The summed E-state index contributed by atoms with van der Waals surface area (Å²) in [4.78, 5) is 0. The topological polar surface area (TPSA) is 30.5 Å². The number of rotatable bonds is 4. The summed E-state index contributed by atoms with van der Waals surface area (Å²) < 4.78 is 26.7. The van der Waals surface area contributed by atoms with E-state index in [1.807, 2.05) is 0 Å². The number of methoxy groups -OCH3 is 2. The van der Waals surface area contributed by atoms with E-state index in [4.69, 9.17) is 9.47 Å². The van der Waals surface area contributed by atoms with E-state index >= 15 is 4.39 Å². The molecule has 1 N–H and O–H groups in total. The fraction of sp³-hybridized carbons (Fsp3) is 0.600. The monoisotopic (exact) mass is 345 g/mol. The molecule has 0 aromatic heterocycles. The third-order valence-corrected chi connectivity index (χ3v) is 4.83. The lowest BCUT2D eigenvalue weighted by atomic mass is 9.80. The Morgan fingerprint density at radius 2 is 2.10 bits per heavy atom. The quantitative estimate of drug-likeness (QED) is 0.903. The normalized spacial score (nSPS) is 22.1. The first kappa shape index (κ1) is 15.6. The SMILES string of the molecule is COc1ccc(C(C)(F)C2CCCNC2)c(OC)c1Br. The van der Waals surface area contributed by atoms with Gasteiger partial charge in [0.2, 0.25) is 0 Å². The van der Waals surface area contributed by atoms with Crippen LogP contribution in [0.15, 0.2) is 16.6 Å². The van der Waals surface area contributed by atoms with Gasteiger partial charge in [0, 0.05) is 18.0 Å². The van der Waals surface area contributed by atoms with Crippen LogP contribution in [0.3, 0.4) is 0 Å². The van der Waals surface area contributed by atoms with Crippen LogP contribution in [0.25, 0.3) is 0 Å². The average Bonchev–Trinajstić information content (AvgIpc) is 2.47. The van der Waals surface area contributed by atoms with Crippen LogP contribution in [0.4, 0.5) is 4.39 Å². The van der Waals surface area contributed by atoms with Gasteiger partial charge in [-0.05, 0) is 54.4 Å². The van der Waals surface area contributed by atoms with Gasteiger partial charge in [-0.15, -0.1) is 0 Å². The molecule has 0 amide bonds. The molecule has 3 nitrogen and oxygen atoms in total. The van der Waals surface area contributed by atoms with Gasteiger partial charge in [-0.1, -0.05) is 0 Å². The van der Waals surface area contributed by atoms with Crippen molar-refractivity contribution in [3.8, 4) is 11.5 Å². The molecule has 112 valence electrons. The molecule has 0 aliphatic carbocycles. The molecule has 1 aromatic carbocycles. The molecule has 1 aliphatic heterocycles. The number of halogens is 2. The minimum atomic E-state index is -1.44. The Kier molecular flexibility index (Phi) is 4.91. The highest BCUT2D eigenvalue weighted by Gasteiger charge is 2.39. The first-order chi connectivity index (χ1) is 9.52. The highest BCUT2D eigenvalue weighted by Crippen LogP contribution is 2.46. The van der Waals surface area contributed by atoms with Crippen LogP contribution in [0.1, 0.15) is 25.3 Å². The fourth-order valence-electron chi connectivity index (χ4n) is 2.81. The molecule has 0 spiro atoms. The highest BCUT2D eigenvalue weighted by atomic mass is 79.9. The second kappa shape index (κ2) is 6.31. The van der Waals surface area contributed by atoms with Crippen LogP contribution in [0.2, 0.25) is 0 Å². The van der Waals surface area contributed by atoms with Gasteiger partial charge < -0.3 is 14.8 Å². The molecule has 1 aliphatic rings. The fourth-order valence-corrected chi connectivity index (χ4v) is 3.48. The van der Waals surface area contributed by atoms with E-state index in [9.17, 15) is 0 Å². The predicted octanol–water partition coefficient (Wildman–Crippen LogP) is 3.65. The van der Waals surface area contributed by atoms with Crippen LogP contribution in [-0.2, 0) is 5.67 Å². The summed E-state index contributed by atoms with van der Waals surface area (Å²) in [5.41, 5.74) is -0.866. The maximum absolute atomic E-state index is 15.4. The molecule has 20 heavy (non-hydrogen) atoms. The van der Waals surface area contributed by atoms with Crippen molar-refractivity contribution in [2.24, 2.45) is 5.92 Å². The lowest BCUT2D eigenvalue weighted by molar-refractivity contribution is 0.0781. The van der Waals surface area contributed by atoms with Crippen molar-refractivity contribution in [1.82, 2.24) is 5.32 Å². The Morgan fingerprint density at radius 1 is 1.35 bits per heavy atom. The molecule has 1 heterocycles. The van der Waals surface area contributed by atoms with Crippen molar-refractivity contribution in [1.29, 1.82) is 0 Å². The number of ether oxygens (including phenoxy) is 2. The molecule has 2 atom stereocenters. The maximum atomic E-state index is 15.4. The largest absolute Gasteiger partial charge is 0.495 e. The van der Waals surface area contributed by atoms with Gasteiger partial charge in [0.1, 0.15) is 21.6 Å². The number of hydrogen-bond acceptors (Lipinski definition) is 3. The molecular formula is C15H21BrFNO2. The summed E-state index contributed by atoms with van der Waals surface area (Å²) in [7, 11) is 3.14. The van der Waals surface area contributed by atoms with Crippen LogP contribution >= 0.6 is 15.9 Å². The standard InChI is InChI=1S/C15H21BrFNO2/c1-15(17,10-5-4-8-18-9-10)11-6-7-12(19-2)13(16)14(11)20-3/h6-7,10,18H,4-5,8-9H2,1-3H3. The van der Waals surface area contributed by atoms with Gasteiger partial charge in [0.05, 0.1) is 14.2 Å². The van der Waals surface area contributed by atoms with E-state index in [1.165, 1.54) is 0 Å². The van der Waals surface area contributed by atoms with E-state index in [-0.39, 0.29) is 5.92 Å². The molecule has 5 heteroatoms. The first-order valence-corrected chi connectivity index (χ1v) is 7.62. The molecule has 2 rings (SSSR count). The van der Waals surface area contributed by atoms with Gasteiger partial charge in [0.15, 0.2) is 0 Å². The number of nitrogens with one attached hydrogen (secondary N) is 1. The van der Waals surface area contributed by atoms with Crippen LogP contribution in [0, 0.1) is 5.92 Å². The van der Waals surface area contributed by atoms with Gasteiger partial charge in [0.25, 0.3) is 0 Å². The zero-order chi connectivity index (χ0) is 14.8. The minimum Gasteiger partial charge on any atom is -0.495 e. The summed E-state index contributed by atoms with van der Waals surface area (Å²) in [6.45, 7) is 3.30. The zero-order valence-corrected chi connectivity index (χ0v) is 13.7. The Balaban J connectivity index is 2.42. The summed E-state index contributed by atoms with van der Waals surface area (Å²) in [5.74, 6) is 1.11. The van der Waals surface area contributed by atoms with Crippen LogP contribution in [-0.4, -0.2) is 27.3 Å². The molecule has 1 aromatic rings. The predicted molar refractivity (Wildman–Crippen MR) is 81.3 cm³/mol. The molecular weight excluding hydrogens is 325 g/mol. The molecule has 0 saturated carbocycles. The van der Waals surface area contributed by atoms with Crippen molar-refractivity contribution < 1.29 is 13.9 Å². The number of hydrogen-bond donors (Lipinski definition) is 1.